The van der Waals surface area contributed by atoms with E-state index < -0.39 is 0 Å². The zero-order chi connectivity index (χ0) is 14.7. The minimum absolute atomic E-state index is 0.219. The van der Waals surface area contributed by atoms with Crippen molar-refractivity contribution >= 4 is 12.1 Å². The topological polar surface area (TPSA) is 47.7 Å². The van der Waals surface area contributed by atoms with Gasteiger partial charge in [-0.05, 0) is 34.4 Å². The maximum Gasteiger partial charge on any atom is 0.203 e. The number of ether oxygens (including phenoxy) is 1. The minimum Gasteiger partial charge on any atom is -0.854 e. The molecule has 21 heavy (non-hydrogen) atoms. The molecule has 3 rings (SSSR count). The fourth-order valence-electron chi connectivity index (χ4n) is 2.35. The second-order valence-electron chi connectivity index (χ2n) is 4.88. The van der Waals surface area contributed by atoms with E-state index >= 15 is 0 Å². The normalized spacial score (nSPS) is 14.3. The molecule has 0 saturated carbocycles. The van der Waals surface area contributed by atoms with Crippen LogP contribution < -0.4 is 9.84 Å². The molecule has 0 amide bonds. The quantitative estimate of drug-likeness (QED) is 0.485. The summed E-state index contributed by atoms with van der Waals surface area (Å²) in [4.78, 5) is 0. The molecule has 0 fully saturated rings. The van der Waals surface area contributed by atoms with Crippen molar-refractivity contribution in [3.63, 3.8) is 0 Å². The van der Waals surface area contributed by atoms with Gasteiger partial charge in [0.1, 0.15) is 5.75 Å². The number of hydrazone groups is 1. The van der Waals surface area contributed by atoms with Crippen LogP contribution in [0.4, 0.5) is 0 Å². The van der Waals surface area contributed by atoms with Crippen LogP contribution in [0.2, 0.25) is 0 Å². The van der Waals surface area contributed by atoms with E-state index in [1.165, 1.54) is 5.56 Å². The third-order valence-electron chi connectivity index (χ3n) is 3.49. The highest BCUT2D eigenvalue weighted by molar-refractivity contribution is 5.90. The van der Waals surface area contributed by atoms with Gasteiger partial charge in [-0.3, -0.25) is 0 Å². The molecule has 0 atom stereocenters. The summed E-state index contributed by atoms with van der Waals surface area (Å²) in [5.74, 6) is 0.636. The fourth-order valence-corrected chi connectivity index (χ4v) is 2.35. The van der Waals surface area contributed by atoms with Gasteiger partial charge in [0.15, 0.2) is 6.54 Å². The molecular weight excluding hydrogens is 264 g/mol. The van der Waals surface area contributed by atoms with Crippen LogP contribution in [0.5, 0.6) is 5.75 Å². The summed E-state index contributed by atoms with van der Waals surface area (Å²) < 4.78 is 6.94. The van der Waals surface area contributed by atoms with Gasteiger partial charge in [0.2, 0.25) is 6.21 Å². The van der Waals surface area contributed by atoms with Crippen molar-refractivity contribution in [1.82, 2.24) is 0 Å². The van der Waals surface area contributed by atoms with Crippen LogP contribution in [0.25, 0.3) is 0 Å². The Labute approximate surface area is 123 Å². The second-order valence-corrected chi connectivity index (χ2v) is 4.88. The molecule has 2 aromatic carbocycles. The van der Waals surface area contributed by atoms with Crippen molar-refractivity contribution in [1.29, 1.82) is 0 Å². The minimum atomic E-state index is -0.219. The molecule has 106 valence electrons. The third kappa shape index (κ3) is 2.94. The molecule has 1 aliphatic heterocycles. The summed E-state index contributed by atoms with van der Waals surface area (Å²) in [7, 11) is 1.66. The standard InChI is InChI=1S/C17H16N2O2/c1-21-16-8-7-15-12-19(10-9-14(15)11-16)18-17(20)13-5-3-2-4-6-13/h2-8,11-12H,9-10H2,1H3. The number of rotatable bonds is 3. The average Bonchev–Trinajstić information content (AvgIpc) is 2.55. The first-order valence-corrected chi connectivity index (χ1v) is 6.86. The molecule has 0 saturated heterocycles. The molecule has 4 heteroatoms. The van der Waals surface area contributed by atoms with Crippen LogP contribution in [-0.4, -0.2) is 30.5 Å². The maximum absolute atomic E-state index is 12.1. The monoisotopic (exact) mass is 280 g/mol. The van der Waals surface area contributed by atoms with Crippen molar-refractivity contribution < 1.29 is 14.5 Å². The summed E-state index contributed by atoms with van der Waals surface area (Å²) in [5.41, 5.74) is 2.89. The van der Waals surface area contributed by atoms with E-state index in [0.717, 1.165) is 17.7 Å². The number of fused-ring (bicyclic) bond motifs is 1. The molecule has 2 aromatic rings. The Morgan fingerprint density at radius 3 is 2.76 bits per heavy atom. The summed E-state index contributed by atoms with van der Waals surface area (Å²) in [6, 6.07) is 15.0. The first-order chi connectivity index (χ1) is 10.3. The number of benzene rings is 2. The molecule has 1 heterocycles. The lowest BCUT2D eigenvalue weighted by atomic mass is 10.0. The second kappa shape index (κ2) is 5.79. The van der Waals surface area contributed by atoms with Crippen LogP contribution in [0.1, 0.15) is 16.7 Å². The van der Waals surface area contributed by atoms with Crippen LogP contribution in [0.15, 0.2) is 53.6 Å². The highest BCUT2D eigenvalue weighted by Crippen LogP contribution is 2.19. The van der Waals surface area contributed by atoms with Gasteiger partial charge in [-0.25, -0.2) is 0 Å². The lowest BCUT2D eigenvalue weighted by Crippen LogP contribution is -2.25. The number of hydrogen-bond acceptors (Lipinski definition) is 3. The Kier molecular flexibility index (Phi) is 3.69. The Bertz CT molecular complexity index is 706. The third-order valence-corrected chi connectivity index (χ3v) is 3.49. The molecule has 0 unspecified atom stereocenters. The molecule has 0 bridgehead atoms. The van der Waals surface area contributed by atoms with E-state index in [9.17, 15) is 5.11 Å². The molecule has 4 nitrogen and oxygen atoms in total. The highest BCUT2D eigenvalue weighted by Gasteiger charge is 2.16. The number of nitrogens with zero attached hydrogens (tertiary/aromatic N) is 2. The van der Waals surface area contributed by atoms with Gasteiger partial charge < -0.3 is 9.84 Å². The van der Waals surface area contributed by atoms with Gasteiger partial charge in [-0.2, -0.15) is 0 Å². The molecule has 0 N–H and O–H groups in total. The van der Waals surface area contributed by atoms with Crippen LogP contribution in [0.3, 0.4) is 0 Å². The van der Waals surface area contributed by atoms with Crippen molar-refractivity contribution in [2.75, 3.05) is 13.7 Å². The number of methoxy groups -OCH3 is 1. The Morgan fingerprint density at radius 2 is 2.00 bits per heavy atom. The van der Waals surface area contributed by atoms with Crippen molar-refractivity contribution in [2.24, 2.45) is 5.10 Å². The van der Waals surface area contributed by atoms with Gasteiger partial charge in [0.25, 0.3) is 0 Å². The lowest BCUT2D eigenvalue weighted by molar-refractivity contribution is -0.533. The number of hydrogen-bond donors (Lipinski definition) is 0. The Morgan fingerprint density at radius 1 is 1.19 bits per heavy atom. The van der Waals surface area contributed by atoms with E-state index in [4.69, 9.17) is 4.74 Å². The van der Waals surface area contributed by atoms with E-state index in [2.05, 4.69) is 5.10 Å². The van der Waals surface area contributed by atoms with E-state index in [-0.39, 0.29) is 5.90 Å². The zero-order valence-corrected chi connectivity index (χ0v) is 11.8. The Hall–Kier alpha value is -2.62. The molecule has 0 spiro atoms. The smallest absolute Gasteiger partial charge is 0.203 e. The van der Waals surface area contributed by atoms with Crippen molar-refractivity contribution in [2.45, 2.75) is 6.42 Å². The van der Waals surface area contributed by atoms with Crippen molar-refractivity contribution in [3.8, 4) is 5.75 Å². The predicted octanol–water partition coefficient (Wildman–Crippen LogP) is 1.40. The van der Waals surface area contributed by atoms with Gasteiger partial charge in [-0.1, -0.05) is 35.0 Å². The highest BCUT2D eigenvalue weighted by atomic mass is 16.5. The van der Waals surface area contributed by atoms with Crippen LogP contribution >= 0.6 is 0 Å². The first-order valence-electron chi connectivity index (χ1n) is 6.86. The SMILES string of the molecule is COc1ccc2c(c1)CC[N+](/N=C(\[O-])c1ccccc1)=C2. The zero-order valence-electron chi connectivity index (χ0n) is 11.8. The first kappa shape index (κ1) is 13.4. The largest absolute Gasteiger partial charge is 0.854 e. The van der Waals surface area contributed by atoms with Crippen LogP contribution in [-0.2, 0) is 6.42 Å². The van der Waals surface area contributed by atoms with Gasteiger partial charge in [0.05, 0.1) is 13.0 Å². The van der Waals surface area contributed by atoms with Gasteiger partial charge in [0, 0.05) is 12.0 Å². The van der Waals surface area contributed by atoms with E-state index in [1.807, 2.05) is 42.6 Å². The fraction of sp³-hybridized carbons (Fsp3) is 0.176. The molecule has 1 aliphatic rings. The summed E-state index contributed by atoms with van der Waals surface area (Å²) in [6.07, 6.45) is 2.74. The van der Waals surface area contributed by atoms with Crippen LogP contribution in [0, 0.1) is 0 Å². The molecule has 0 radical (unpaired) electrons. The summed E-state index contributed by atoms with van der Waals surface area (Å²) in [5, 5.41) is 16.2. The Balaban J connectivity index is 1.89. The van der Waals surface area contributed by atoms with Gasteiger partial charge >= 0.3 is 0 Å². The van der Waals surface area contributed by atoms with E-state index in [0.29, 0.717) is 12.1 Å². The average molecular weight is 280 g/mol. The maximum atomic E-state index is 12.1. The van der Waals surface area contributed by atoms with E-state index in [1.54, 1.807) is 23.9 Å². The molecule has 0 aliphatic carbocycles. The molecule has 0 aromatic heterocycles. The van der Waals surface area contributed by atoms with Gasteiger partial charge in [-0.15, -0.1) is 0 Å². The van der Waals surface area contributed by atoms with Crippen molar-refractivity contribution in [3.05, 3.63) is 65.2 Å². The summed E-state index contributed by atoms with van der Waals surface area (Å²) >= 11 is 0. The molecular formula is C17H16N2O2. The summed E-state index contributed by atoms with van der Waals surface area (Å²) in [6.45, 7) is 0.693. The predicted molar refractivity (Wildman–Crippen MR) is 80.0 cm³/mol. The lowest BCUT2D eigenvalue weighted by Gasteiger charge is -2.12.